The molecule has 0 atom stereocenters. The highest BCUT2D eigenvalue weighted by atomic mass is 79.9. The lowest BCUT2D eigenvalue weighted by Gasteiger charge is -2.12. The topological polar surface area (TPSA) is 61.1 Å². The molecule has 0 aliphatic rings. The van der Waals surface area contributed by atoms with Gasteiger partial charge in [-0.15, -0.1) is 0 Å². The smallest absolute Gasteiger partial charge is 0.299 e. The Labute approximate surface area is 137 Å². The number of benzene rings is 1. The van der Waals surface area contributed by atoms with E-state index in [1.807, 2.05) is 0 Å². The lowest BCUT2D eigenvalue weighted by molar-refractivity contribution is 0.103. The first-order valence-corrected chi connectivity index (χ1v) is 7.95. The van der Waals surface area contributed by atoms with Crippen molar-refractivity contribution in [3.8, 4) is 0 Å². The molecule has 110 valence electrons. The number of carbonyl (C=O) groups is 1. The van der Waals surface area contributed by atoms with Crippen LogP contribution in [0.15, 0.2) is 38.3 Å². The molecule has 0 saturated carbocycles. The number of carbonyl (C=O) groups excluding carboxylic acids is 1. The second kappa shape index (κ2) is 6.11. The molecule has 0 N–H and O–H groups in total. The van der Waals surface area contributed by atoms with Crippen molar-refractivity contribution in [3.63, 3.8) is 0 Å². The number of alkyl halides is 1. The third kappa shape index (κ3) is 2.80. The van der Waals surface area contributed by atoms with Crippen molar-refractivity contribution in [3.05, 3.63) is 66.4 Å². The molecule has 0 unspecified atom stereocenters. The van der Waals surface area contributed by atoms with Crippen molar-refractivity contribution < 1.29 is 4.79 Å². The number of aromatic nitrogens is 2. The standard InChI is InChI=1S/C14H12Br2N2O3/c1-17-10(7-15)11(13(20)18(2)14(17)21)12(19)8-4-3-5-9(16)6-8/h3-6H,7H2,1-2H3. The first kappa shape index (κ1) is 15.9. The van der Waals surface area contributed by atoms with Crippen LogP contribution in [-0.2, 0) is 19.4 Å². The van der Waals surface area contributed by atoms with Crippen molar-refractivity contribution in [1.29, 1.82) is 0 Å². The Kier molecular flexibility index (Phi) is 4.63. The molecule has 7 heteroatoms. The average molecular weight is 416 g/mol. The first-order chi connectivity index (χ1) is 9.88. The van der Waals surface area contributed by atoms with Gasteiger partial charge in [0.2, 0.25) is 0 Å². The molecular formula is C14H12Br2N2O3. The van der Waals surface area contributed by atoms with E-state index < -0.39 is 17.0 Å². The third-order valence-electron chi connectivity index (χ3n) is 3.23. The van der Waals surface area contributed by atoms with Crippen LogP contribution in [0, 0.1) is 0 Å². The van der Waals surface area contributed by atoms with E-state index in [0.29, 0.717) is 11.3 Å². The second-order valence-corrected chi connectivity index (χ2v) is 5.98. The predicted octanol–water partition coefficient (Wildman–Crippen LogP) is 1.97. The van der Waals surface area contributed by atoms with Crippen LogP contribution in [0.5, 0.6) is 0 Å². The minimum Gasteiger partial charge on any atom is -0.299 e. The molecule has 1 aromatic carbocycles. The number of nitrogens with zero attached hydrogens (tertiary/aromatic N) is 2. The maximum absolute atomic E-state index is 12.6. The summed E-state index contributed by atoms with van der Waals surface area (Å²) < 4.78 is 2.99. The minimum absolute atomic E-state index is 0.00887. The fourth-order valence-corrected chi connectivity index (χ4v) is 3.10. The lowest BCUT2D eigenvalue weighted by Crippen LogP contribution is -2.42. The number of ketones is 1. The molecule has 1 aromatic heterocycles. The highest BCUT2D eigenvalue weighted by Gasteiger charge is 2.22. The zero-order valence-electron chi connectivity index (χ0n) is 11.4. The highest BCUT2D eigenvalue weighted by Crippen LogP contribution is 2.16. The average Bonchev–Trinajstić information content (AvgIpc) is 2.48. The first-order valence-electron chi connectivity index (χ1n) is 6.03. The minimum atomic E-state index is -0.586. The molecule has 0 aliphatic heterocycles. The quantitative estimate of drug-likeness (QED) is 0.568. The Bertz CT molecular complexity index is 837. The monoisotopic (exact) mass is 414 g/mol. The van der Waals surface area contributed by atoms with Gasteiger partial charge in [0.15, 0.2) is 5.78 Å². The zero-order chi connectivity index (χ0) is 15.7. The SMILES string of the molecule is Cn1c(CBr)c(C(=O)c2cccc(Br)c2)c(=O)n(C)c1=O. The van der Waals surface area contributed by atoms with Crippen LogP contribution in [0.3, 0.4) is 0 Å². The highest BCUT2D eigenvalue weighted by molar-refractivity contribution is 9.10. The summed E-state index contributed by atoms with van der Waals surface area (Å²) in [7, 11) is 2.90. The van der Waals surface area contributed by atoms with E-state index in [1.54, 1.807) is 24.3 Å². The lowest BCUT2D eigenvalue weighted by atomic mass is 10.0. The number of hydrogen-bond donors (Lipinski definition) is 0. The maximum Gasteiger partial charge on any atom is 0.330 e. The van der Waals surface area contributed by atoms with E-state index in [2.05, 4.69) is 31.9 Å². The van der Waals surface area contributed by atoms with Crippen molar-refractivity contribution >= 4 is 37.6 Å². The van der Waals surface area contributed by atoms with Crippen molar-refractivity contribution in [2.45, 2.75) is 5.33 Å². The van der Waals surface area contributed by atoms with Gasteiger partial charge in [0.05, 0.1) is 0 Å². The summed E-state index contributed by atoms with van der Waals surface area (Å²) in [6, 6.07) is 6.79. The van der Waals surface area contributed by atoms with Gasteiger partial charge in [0.25, 0.3) is 5.56 Å². The van der Waals surface area contributed by atoms with Gasteiger partial charge in [-0.2, -0.15) is 0 Å². The Morgan fingerprint density at radius 1 is 1.19 bits per heavy atom. The van der Waals surface area contributed by atoms with Crippen molar-refractivity contribution in [2.75, 3.05) is 0 Å². The van der Waals surface area contributed by atoms with Gasteiger partial charge < -0.3 is 0 Å². The molecule has 0 fully saturated rings. The normalized spacial score (nSPS) is 10.7. The van der Waals surface area contributed by atoms with E-state index in [1.165, 1.54) is 18.7 Å². The second-order valence-electron chi connectivity index (χ2n) is 4.50. The van der Waals surface area contributed by atoms with Crippen LogP contribution in [0.1, 0.15) is 21.6 Å². The molecule has 21 heavy (non-hydrogen) atoms. The summed E-state index contributed by atoms with van der Waals surface area (Å²) in [5.74, 6) is -0.401. The van der Waals surface area contributed by atoms with Crippen LogP contribution in [-0.4, -0.2) is 14.9 Å². The Hall–Kier alpha value is -1.47. The van der Waals surface area contributed by atoms with Gasteiger partial charge in [0, 0.05) is 35.2 Å². The van der Waals surface area contributed by atoms with Gasteiger partial charge in [0.1, 0.15) is 5.56 Å². The number of halogens is 2. The van der Waals surface area contributed by atoms with E-state index in [-0.39, 0.29) is 10.9 Å². The summed E-state index contributed by atoms with van der Waals surface area (Å²) in [6.07, 6.45) is 0. The van der Waals surface area contributed by atoms with Crippen LogP contribution >= 0.6 is 31.9 Å². The molecule has 0 radical (unpaired) electrons. The summed E-state index contributed by atoms with van der Waals surface area (Å²) in [5, 5.41) is 0.240. The summed E-state index contributed by atoms with van der Waals surface area (Å²) in [4.78, 5) is 36.9. The van der Waals surface area contributed by atoms with Crippen LogP contribution in [0.2, 0.25) is 0 Å². The fraction of sp³-hybridized carbons (Fsp3) is 0.214. The molecule has 0 aliphatic carbocycles. The van der Waals surface area contributed by atoms with Crippen molar-refractivity contribution in [2.24, 2.45) is 14.1 Å². The van der Waals surface area contributed by atoms with E-state index in [9.17, 15) is 14.4 Å². The van der Waals surface area contributed by atoms with Gasteiger partial charge in [-0.3, -0.25) is 18.7 Å². The maximum atomic E-state index is 12.6. The Balaban J connectivity index is 2.78. The molecule has 0 amide bonds. The van der Waals surface area contributed by atoms with E-state index in [0.717, 1.165) is 9.04 Å². The van der Waals surface area contributed by atoms with E-state index >= 15 is 0 Å². The largest absolute Gasteiger partial charge is 0.330 e. The van der Waals surface area contributed by atoms with Crippen molar-refractivity contribution in [1.82, 2.24) is 9.13 Å². The Morgan fingerprint density at radius 2 is 1.86 bits per heavy atom. The third-order valence-corrected chi connectivity index (χ3v) is 4.25. The summed E-state index contributed by atoms with van der Waals surface area (Å²) in [5.41, 5.74) is -0.275. The molecule has 2 aromatic rings. The number of rotatable bonds is 3. The summed E-state index contributed by atoms with van der Waals surface area (Å²) >= 11 is 6.54. The van der Waals surface area contributed by atoms with Crippen LogP contribution in [0.4, 0.5) is 0 Å². The van der Waals surface area contributed by atoms with Gasteiger partial charge in [-0.25, -0.2) is 4.79 Å². The number of hydrogen-bond acceptors (Lipinski definition) is 3. The fourth-order valence-electron chi connectivity index (χ4n) is 2.04. The van der Waals surface area contributed by atoms with Crippen LogP contribution in [0.25, 0.3) is 0 Å². The van der Waals surface area contributed by atoms with Gasteiger partial charge >= 0.3 is 5.69 Å². The van der Waals surface area contributed by atoms with Crippen LogP contribution < -0.4 is 11.2 Å². The van der Waals surface area contributed by atoms with Gasteiger partial charge in [-0.05, 0) is 12.1 Å². The summed E-state index contributed by atoms with van der Waals surface area (Å²) in [6.45, 7) is 0. The predicted molar refractivity (Wildman–Crippen MR) is 87.1 cm³/mol. The molecule has 0 saturated heterocycles. The molecule has 5 nitrogen and oxygen atoms in total. The Morgan fingerprint density at radius 3 is 2.43 bits per heavy atom. The molecular weight excluding hydrogens is 404 g/mol. The molecule has 1 heterocycles. The zero-order valence-corrected chi connectivity index (χ0v) is 14.6. The van der Waals surface area contributed by atoms with E-state index in [4.69, 9.17) is 0 Å². The molecule has 0 spiro atoms. The molecule has 2 rings (SSSR count). The molecule has 0 bridgehead atoms. The van der Waals surface area contributed by atoms with Gasteiger partial charge in [-0.1, -0.05) is 44.0 Å².